The molecule has 128 valence electrons. The van der Waals surface area contributed by atoms with Crippen LogP contribution in [0.25, 0.3) is 0 Å². The molecule has 0 radical (unpaired) electrons. The van der Waals surface area contributed by atoms with Gasteiger partial charge in [-0.05, 0) is 31.0 Å². The Kier molecular flexibility index (Phi) is 6.52. The summed E-state index contributed by atoms with van der Waals surface area (Å²) in [5.41, 5.74) is 0.601. The zero-order valence-electron chi connectivity index (χ0n) is 13.8. The number of amides is 1. The van der Waals surface area contributed by atoms with Crippen molar-refractivity contribution in [1.29, 1.82) is 0 Å². The highest BCUT2D eigenvalue weighted by Gasteiger charge is 2.29. The maximum absolute atomic E-state index is 14.0. The number of rotatable bonds is 7. The molecule has 0 spiro atoms. The number of halogens is 2. The first kappa shape index (κ1) is 18.6. The lowest BCUT2D eigenvalue weighted by atomic mass is 9.95. The molecule has 2 rings (SSSR count). The highest BCUT2D eigenvalue weighted by Crippen LogP contribution is 2.26. The van der Waals surface area contributed by atoms with E-state index < -0.39 is 5.60 Å². The molecule has 2 aromatic rings. The summed E-state index contributed by atoms with van der Waals surface area (Å²) in [7, 11) is 1.51. The van der Waals surface area contributed by atoms with Crippen molar-refractivity contribution in [2.45, 2.75) is 25.4 Å². The summed E-state index contributed by atoms with van der Waals surface area (Å²) in [6.07, 6.45) is 0.996. The molecule has 0 bridgehead atoms. The molecule has 0 aliphatic carbocycles. The van der Waals surface area contributed by atoms with Crippen LogP contribution in [0.15, 0.2) is 53.0 Å². The first-order chi connectivity index (χ1) is 11.5. The van der Waals surface area contributed by atoms with E-state index in [4.69, 9.17) is 4.74 Å². The van der Waals surface area contributed by atoms with E-state index in [2.05, 4.69) is 21.2 Å². The molecular formula is C19H21BrFNO2. The number of carbonyl (C=O) groups is 1. The molecule has 0 aliphatic rings. The third-order valence-corrected chi connectivity index (χ3v) is 4.87. The number of aryl methyl sites for hydroxylation is 1. The topological polar surface area (TPSA) is 38.3 Å². The monoisotopic (exact) mass is 393 g/mol. The number of ether oxygens (including phenoxy) is 1. The summed E-state index contributed by atoms with van der Waals surface area (Å²) in [5, 5.41) is 2.84. The number of nitrogens with one attached hydrogen (secondary N) is 1. The Morgan fingerprint density at radius 1 is 1.21 bits per heavy atom. The van der Waals surface area contributed by atoms with Crippen molar-refractivity contribution in [3.63, 3.8) is 0 Å². The van der Waals surface area contributed by atoms with E-state index in [0.717, 1.165) is 10.0 Å². The van der Waals surface area contributed by atoms with Crippen molar-refractivity contribution >= 4 is 21.8 Å². The molecule has 24 heavy (non-hydrogen) atoms. The van der Waals surface area contributed by atoms with Crippen LogP contribution < -0.4 is 5.32 Å². The zero-order chi connectivity index (χ0) is 17.6. The highest BCUT2D eigenvalue weighted by molar-refractivity contribution is 9.10. The van der Waals surface area contributed by atoms with Gasteiger partial charge in [0, 0.05) is 23.6 Å². The van der Waals surface area contributed by atoms with Crippen molar-refractivity contribution in [2.24, 2.45) is 0 Å². The van der Waals surface area contributed by atoms with Crippen LogP contribution >= 0.6 is 15.9 Å². The normalized spacial score (nSPS) is 13.3. The van der Waals surface area contributed by atoms with Crippen LogP contribution in [0.1, 0.15) is 24.5 Å². The summed E-state index contributed by atoms with van der Waals surface area (Å²) < 4.78 is 20.5. The lowest BCUT2D eigenvalue weighted by Gasteiger charge is -2.29. The molecule has 0 fully saturated rings. The molecule has 0 aliphatic heterocycles. The van der Waals surface area contributed by atoms with Crippen molar-refractivity contribution < 1.29 is 13.9 Å². The summed E-state index contributed by atoms with van der Waals surface area (Å²) >= 11 is 3.47. The minimum absolute atomic E-state index is 0.0923. The molecule has 0 saturated carbocycles. The fourth-order valence-corrected chi connectivity index (χ4v) is 2.96. The predicted molar refractivity (Wildman–Crippen MR) is 96.2 cm³/mol. The number of hydrogen-bond acceptors (Lipinski definition) is 2. The van der Waals surface area contributed by atoms with Crippen LogP contribution in [0, 0.1) is 5.82 Å². The SMILES string of the molecule is COC(C)(CNC(=O)CCc1ccccc1Br)c1ccccc1F. The van der Waals surface area contributed by atoms with Crippen LogP contribution in [-0.4, -0.2) is 19.6 Å². The molecule has 0 saturated heterocycles. The fourth-order valence-electron chi connectivity index (χ4n) is 2.47. The maximum atomic E-state index is 14.0. The van der Waals surface area contributed by atoms with E-state index in [0.29, 0.717) is 18.4 Å². The molecule has 1 N–H and O–H groups in total. The Bertz CT molecular complexity index is 707. The molecule has 0 aromatic heterocycles. The van der Waals surface area contributed by atoms with Gasteiger partial charge in [-0.25, -0.2) is 4.39 Å². The average Bonchev–Trinajstić information content (AvgIpc) is 2.59. The van der Waals surface area contributed by atoms with E-state index in [9.17, 15) is 9.18 Å². The Labute approximate surface area is 150 Å². The molecule has 1 atom stereocenters. The van der Waals surface area contributed by atoms with Crippen LogP contribution in [0.4, 0.5) is 4.39 Å². The van der Waals surface area contributed by atoms with Gasteiger partial charge in [-0.1, -0.05) is 52.3 Å². The Morgan fingerprint density at radius 3 is 2.54 bits per heavy atom. The van der Waals surface area contributed by atoms with E-state index >= 15 is 0 Å². The summed E-state index contributed by atoms with van der Waals surface area (Å²) in [4.78, 5) is 12.1. The summed E-state index contributed by atoms with van der Waals surface area (Å²) in [5.74, 6) is -0.435. The van der Waals surface area contributed by atoms with Crippen molar-refractivity contribution in [1.82, 2.24) is 5.32 Å². The molecule has 2 aromatic carbocycles. The van der Waals surface area contributed by atoms with Gasteiger partial charge in [0.25, 0.3) is 0 Å². The van der Waals surface area contributed by atoms with Gasteiger partial charge in [0.1, 0.15) is 11.4 Å². The Morgan fingerprint density at radius 2 is 1.88 bits per heavy atom. The van der Waals surface area contributed by atoms with E-state index in [1.165, 1.54) is 13.2 Å². The highest BCUT2D eigenvalue weighted by atomic mass is 79.9. The average molecular weight is 394 g/mol. The molecular weight excluding hydrogens is 373 g/mol. The Balaban J connectivity index is 1.94. The number of carbonyl (C=O) groups excluding carboxylic acids is 1. The van der Waals surface area contributed by atoms with Crippen LogP contribution in [-0.2, 0) is 21.6 Å². The van der Waals surface area contributed by atoms with Gasteiger partial charge in [0.15, 0.2) is 0 Å². The van der Waals surface area contributed by atoms with E-state index in [1.807, 2.05) is 24.3 Å². The smallest absolute Gasteiger partial charge is 0.220 e. The van der Waals surface area contributed by atoms with Crippen LogP contribution in [0.2, 0.25) is 0 Å². The standard InChI is InChI=1S/C19H21BrFNO2/c1-19(24-2,15-8-4-6-10-17(15)21)13-22-18(23)12-11-14-7-3-5-9-16(14)20/h3-10H,11-13H2,1-2H3,(H,22,23). The number of hydrogen-bond donors (Lipinski definition) is 1. The Hall–Kier alpha value is -1.72. The number of methoxy groups -OCH3 is 1. The molecule has 1 unspecified atom stereocenters. The van der Waals surface area contributed by atoms with Gasteiger partial charge in [-0.3, -0.25) is 4.79 Å². The van der Waals surface area contributed by atoms with Crippen LogP contribution in [0.5, 0.6) is 0 Å². The van der Waals surface area contributed by atoms with Gasteiger partial charge < -0.3 is 10.1 Å². The van der Waals surface area contributed by atoms with Crippen LogP contribution in [0.3, 0.4) is 0 Å². The van der Waals surface area contributed by atoms with Gasteiger partial charge >= 0.3 is 0 Å². The predicted octanol–water partition coefficient (Wildman–Crippen LogP) is 4.20. The minimum atomic E-state index is -0.908. The van der Waals surface area contributed by atoms with Crippen molar-refractivity contribution in [2.75, 3.05) is 13.7 Å². The van der Waals surface area contributed by atoms with E-state index in [-0.39, 0.29) is 18.3 Å². The molecule has 0 heterocycles. The lowest BCUT2D eigenvalue weighted by Crippen LogP contribution is -2.40. The minimum Gasteiger partial charge on any atom is -0.372 e. The second-order valence-electron chi connectivity index (χ2n) is 5.78. The fraction of sp³-hybridized carbons (Fsp3) is 0.316. The lowest BCUT2D eigenvalue weighted by molar-refractivity contribution is -0.122. The van der Waals surface area contributed by atoms with Gasteiger partial charge in [0.05, 0.1) is 6.54 Å². The van der Waals surface area contributed by atoms with Crippen molar-refractivity contribution in [3.05, 3.63) is 69.9 Å². The maximum Gasteiger partial charge on any atom is 0.220 e. The van der Waals surface area contributed by atoms with E-state index in [1.54, 1.807) is 25.1 Å². The van der Waals surface area contributed by atoms with Crippen molar-refractivity contribution in [3.8, 4) is 0 Å². The van der Waals surface area contributed by atoms with Gasteiger partial charge in [0.2, 0.25) is 5.91 Å². The molecule has 5 heteroatoms. The van der Waals surface area contributed by atoms with Gasteiger partial charge in [-0.2, -0.15) is 0 Å². The quantitative estimate of drug-likeness (QED) is 0.765. The molecule has 1 amide bonds. The first-order valence-corrected chi connectivity index (χ1v) is 8.56. The summed E-state index contributed by atoms with van der Waals surface area (Å²) in [6.45, 7) is 1.97. The largest absolute Gasteiger partial charge is 0.372 e. The van der Waals surface area contributed by atoms with Gasteiger partial charge in [-0.15, -0.1) is 0 Å². The second-order valence-corrected chi connectivity index (χ2v) is 6.64. The first-order valence-electron chi connectivity index (χ1n) is 7.76. The zero-order valence-corrected chi connectivity index (χ0v) is 15.4. The third kappa shape index (κ3) is 4.65. The summed E-state index contributed by atoms with van der Waals surface area (Å²) in [6, 6.07) is 14.3. The molecule has 3 nitrogen and oxygen atoms in total. The third-order valence-electron chi connectivity index (χ3n) is 4.10. The second kappa shape index (κ2) is 8.40. The number of benzene rings is 2.